The second-order valence-corrected chi connectivity index (χ2v) is 5.01. The lowest BCUT2D eigenvalue weighted by Crippen LogP contribution is -2.52. The molecule has 2 atom stereocenters. The van der Waals surface area contributed by atoms with Gasteiger partial charge in [0.1, 0.15) is 0 Å². The summed E-state index contributed by atoms with van der Waals surface area (Å²) in [5.41, 5.74) is 0. The van der Waals surface area contributed by atoms with Gasteiger partial charge in [0.25, 0.3) is 0 Å². The first-order valence-corrected chi connectivity index (χ1v) is 6.31. The van der Waals surface area contributed by atoms with Crippen LogP contribution >= 0.6 is 0 Å². The minimum atomic E-state index is -0.0464. The monoisotopic (exact) mass is 227 g/mol. The number of carbonyl (C=O) groups excluding carboxylic acids is 1. The zero-order valence-corrected chi connectivity index (χ0v) is 10.7. The molecule has 0 aromatic heterocycles. The Hall–Kier alpha value is -0.610. The molecular formula is C12H25N3O. The standard InChI is InChI=1S/C12H25N3O/c1-9(2)7-11(12(16)13-3)15-10-5-4-6-14-8-10/h9-11,14-15H,4-8H2,1-3H3,(H,13,16). The van der Waals surface area contributed by atoms with Crippen LogP contribution in [-0.4, -0.2) is 38.1 Å². The Morgan fingerprint density at radius 1 is 1.50 bits per heavy atom. The Balaban J connectivity index is 2.44. The molecule has 4 heteroatoms. The third-order valence-corrected chi connectivity index (χ3v) is 3.00. The molecule has 1 saturated heterocycles. The van der Waals surface area contributed by atoms with E-state index in [1.807, 2.05) is 0 Å². The summed E-state index contributed by atoms with van der Waals surface area (Å²) in [5.74, 6) is 0.644. The average Bonchev–Trinajstić information content (AvgIpc) is 2.28. The predicted octanol–water partition coefficient (Wildman–Crippen LogP) is 0.489. The first-order valence-electron chi connectivity index (χ1n) is 6.31. The van der Waals surface area contributed by atoms with E-state index in [0.29, 0.717) is 12.0 Å². The summed E-state index contributed by atoms with van der Waals surface area (Å²) in [6.07, 6.45) is 3.26. The van der Waals surface area contributed by atoms with Gasteiger partial charge in [0.15, 0.2) is 0 Å². The van der Waals surface area contributed by atoms with Gasteiger partial charge in [0.2, 0.25) is 5.91 Å². The summed E-state index contributed by atoms with van der Waals surface area (Å²) in [6, 6.07) is 0.393. The van der Waals surface area contributed by atoms with Crippen LogP contribution in [0.3, 0.4) is 0 Å². The van der Waals surface area contributed by atoms with Crippen molar-refractivity contribution >= 4 is 5.91 Å². The average molecular weight is 227 g/mol. The molecule has 3 N–H and O–H groups in total. The van der Waals surface area contributed by atoms with E-state index in [0.717, 1.165) is 19.5 Å². The molecule has 16 heavy (non-hydrogen) atoms. The summed E-state index contributed by atoms with van der Waals surface area (Å²) < 4.78 is 0. The minimum Gasteiger partial charge on any atom is -0.358 e. The van der Waals surface area contributed by atoms with Crippen molar-refractivity contribution in [2.75, 3.05) is 20.1 Å². The van der Waals surface area contributed by atoms with Crippen molar-refractivity contribution in [1.82, 2.24) is 16.0 Å². The lowest BCUT2D eigenvalue weighted by atomic mass is 10.00. The molecule has 0 radical (unpaired) electrons. The van der Waals surface area contributed by atoms with Gasteiger partial charge in [-0.1, -0.05) is 13.8 Å². The summed E-state index contributed by atoms with van der Waals surface area (Å²) in [6.45, 7) is 6.38. The van der Waals surface area contributed by atoms with Crippen LogP contribution in [0.1, 0.15) is 33.1 Å². The number of nitrogens with one attached hydrogen (secondary N) is 3. The molecule has 0 bridgehead atoms. The molecule has 1 amide bonds. The van der Waals surface area contributed by atoms with Crippen LogP contribution in [0.4, 0.5) is 0 Å². The van der Waals surface area contributed by atoms with E-state index < -0.39 is 0 Å². The molecule has 94 valence electrons. The second kappa shape index (κ2) is 6.86. The Morgan fingerprint density at radius 2 is 2.25 bits per heavy atom. The Kier molecular flexibility index (Phi) is 5.77. The fourth-order valence-electron chi connectivity index (χ4n) is 2.17. The van der Waals surface area contributed by atoms with Gasteiger partial charge in [-0.25, -0.2) is 0 Å². The van der Waals surface area contributed by atoms with E-state index in [4.69, 9.17) is 0 Å². The number of hydrogen-bond donors (Lipinski definition) is 3. The second-order valence-electron chi connectivity index (χ2n) is 5.01. The fraction of sp³-hybridized carbons (Fsp3) is 0.917. The molecule has 0 saturated carbocycles. The van der Waals surface area contributed by atoms with E-state index in [2.05, 4.69) is 29.8 Å². The van der Waals surface area contributed by atoms with Crippen molar-refractivity contribution in [3.8, 4) is 0 Å². The van der Waals surface area contributed by atoms with Gasteiger partial charge in [-0.2, -0.15) is 0 Å². The van der Waals surface area contributed by atoms with Gasteiger partial charge in [0, 0.05) is 19.6 Å². The molecule has 1 fully saturated rings. The molecule has 1 heterocycles. The van der Waals surface area contributed by atoms with Crippen LogP contribution < -0.4 is 16.0 Å². The minimum absolute atomic E-state index is 0.0464. The fourth-order valence-corrected chi connectivity index (χ4v) is 2.17. The van der Waals surface area contributed by atoms with Crippen LogP contribution in [-0.2, 0) is 4.79 Å². The highest BCUT2D eigenvalue weighted by atomic mass is 16.2. The van der Waals surface area contributed by atoms with Crippen LogP contribution in [0, 0.1) is 5.92 Å². The normalized spacial score (nSPS) is 23.1. The van der Waals surface area contributed by atoms with Crippen molar-refractivity contribution in [1.29, 1.82) is 0 Å². The highest BCUT2D eigenvalue weighted by Crippen LogP contribution is 2.09. The molecule has 2 unspecified atom stereocenters. The van der Waals surface area contributed by atoms with Gasteiger partial charge in [-0.3, -0.25) is 4.79 Å². The van der Waals surface area contributed by atoms with E-state index >= 15 is 0 Å². The maximum atomic E-state index is 11.7. The first kappa shape index (κ1) is 13.5. The van der Waals surface area contributed by atoms with Crippen molar-refractivity contribution < 1.29 is 4.79 Å². The molecule has 0 aromatic rings. The number of amides is 1. The number of rotatable bonds is 5. The quantitative estimate of drug-likeness (QED) is 0.641. The zero-order valence-electron chi connectivity index (χ0n) is 10.7. The van der Waals surface area contributed by atoms with Gasteiger partial charge < -0.3 is 16.0 Å². The maximum absolute atomic E-state index is 11.7. The molecule has 0 spiro atoms. The lowest BCUT2D eigenvalue weighted by Gasteiger charge is -2.29. The highest BCUT2D eigenvalue weighted by Gasteiger charge is 2.23. The SMILES string of the molecule is CNC(=O)C(CC(C)C)NC1CCCNC1. The Labute approximate surface area is 98.6 Å². The molecule has 0 aliphatic carbocycles. The smallest absolute Gasteiger partial charge is 0.236 e. The molecule has 1 rings (SSSR count). The van der Waals surface area contributed by atoms with Crippen molar-refractivity contribution in [2.45, 2.75) is 45.2 Å². The van der Waals surface area contributed by atoms with Crippen LogP contribution in [0.25, 0.3) is 0 Å². The zero-order chi connectivity index (χ0) is 12.0. The van der Waals surface area contributed by atoms with Crippen LogP contribution in [0.5, 0.6) is 0 Å². The van der Waals surface area contributed by atoms with Gasteiger partial charge in [-0.05, 0) is 31.7 Å². The van der Waals surface area contributed by atoms with E-state index in [1.165, 1.54) is 12.8 Å². The summed E-state index contributed by atoms with van der Waals surface area (Å²) >= 11 is 0. The largest absolute Gasteiger partial charge is 0.358 e. The highest BCUT2D eigenvalue weighted by molar-refractivity contribution is 5.81. The summed E-state index contributed by atoms with van der Waals surface area (Å²) in [4.78, 5) is 11.7. The Morgan fingerprint density at radius 3 is 2.75 bits per heavy atom. The third kappa shape index (κ3) is 4.49. The molecule has 0 aromatic carbocycles. The topological polar surface area (TPSA) is 53.2 Å². The number of hydrogen-bond acceptors (Lipinski definition) is 3. The summed E-state index contributed by atoms with van der Waals surface area (Å²) in [7, 11) is 1.70. The van der Waals surface area contributed by atoms with E-state index in [9.17, 15) is 4.79 Å². The van der Waals surface area contributed by atoms with Crippen LogP contribution in [0.2, 0.25) is 0 Å². The molecule has 1 aliphatic heterocycles. The van der Waals surface area contributed by atoms with Crippen LogP contribution in [0.15, 0.2) is 0 Å². The van der Waals surface area contributed by atoms with Crippen molar-refractivity contribution in [3.05, 3.63) is 0 Å². The maximum Gasteiger partial charge on any atom is 0.236 e. The first-order chi connectivity index (χ1) is 7.63. The number of likely N-dealkylation sites (N-methyl/N-ethyl adjacent to an activating group) is 1. The van der Waals surface area contributed by atoms with Gasteiger partial charge >= 0.3 is 0 Å². The van der Waals surface area contributed by atoms with Gasteiger partial charge in [-0.15, -0.1) is 0 Å². The molecule has 1 aliphatic rings. The summed E-state index contributed by atoms with van der Waals surface area (Å²) in [5, 5.41) is 9.56. The number of piperidine rings is 1. The Bertz CT molecular complexity index is 212. The molecule has 4 nitrogen and oxygen atoms in total. The lowest BCUT2D eigenvalue weighted by molar-refractivity contribution is -0.123. The van der Waals surface area contributed by atoms with Gasteiger partial charge in [0.05, 0.1) is 6.04 Å². The van der Waals surface area contributed by atoms with E-state index in [-0.39, 0.29) is 11.9 Å². The predicted molar refractivity (Wildman–Crippen MR) is 66.3 cm³/mol. The third-order valence-electron chi connectivity index (χ3n) is 3.00. The van der Waals surface area contributed by atoms with Crippen molar-refractivity contribution in [2.24, 2.45) is 5.92 Å². The number of carbonyl (C=O) groups is 1. The van der Waals surface area contributed by atoms with Crippen molar-refractivity contribution in [3.63, 3.8) is 0 Å². The van der Waals surface area contributed by atoms with E-state index in [1.54, 1.807) is 7.05 Å². The molecular weight excluding hydrogens is 202 g/mol.